The van der Waals surface area contributed by atoms with E-state index in [0.717, 1.165) is 24.3 Å². The van der Waals surface area contributed by atoms with Gasteiger partial charge in [-0.2, -0.15) is 11.5 Å². The van der Waals surface area contributed by atoms with Gasteiger partial charge in [0.25, 0.3) is 0 Å². The van der Waals surface area contributed by atoms with Crippen molar-refractivity contribution in [2.24, 2.45) is 0 Å². The van der Waals surface area contributed by atoms with Gasteiger partial charge in [0.15, 0.2) is 0 Å². The van der Waals surface area contributed by atoms with Crippen molar-refractivity contribution in [1.29, 1.82) is 0 Å². The van der Waals surface area contributed by atoms with Crippen molar-refractivity contribution < 1.29 is 37.7 Å². The Kier molecular flexibility index (Phi) is 32.8. The molecule has 0 nitrogen and oxygen atoms in total. The number of unbranched alkanes of at least 4 members (excludes halogenated alkanes) is 1. The molecule has 0 fully saturated rings. The Hall–Kier alpha value is 1.89. The van der Waals surface area contributed by atoms with Crippen molar-refractivity contribution in [3.8, 4) is 0 Å². The summed E-state index contributed by atoms with van der Waals surface area (Å²) < 4.78 is 0. The summed E-state index contributed by atoms with van der Waals surface area (Å²) in [7, 11) is 0. The van der Waals surface area contributed by atoms with Gasteiger partial charge in [-0.15, -0.1) is 0 Å². The van der Waals surface area contributed by atoms with E-state index in [-0.39, 0.29) is 37.7 Å². The topological polar surface area (TPSA) is 0 Å². The summed E-state index contributed by atoms with van der Waals surface area (Å²) in [5.41, 5.74) is 0. The van der Waals surface area contributed by atoms with Gasteiger partial charge in [0.2, 0.25) is 0 Å². The predicted molar refractivity (Wildman–Crippen MR) is 33.7 cm³/mol. The molecule has 0 spiro atoms. The van der Waals surface area contributed by atoms with Crippen LogP contribution in [0.5, 0.6) is 0 Å². The molecule has 0 saturated carbocycles. The quantitative estimate of drug-likeness (QED) is 0.215. The van der Waals surface area contributed by atoms with Crippen LogP contribution in [-0.4, -0.2) is 11.5 Å². The number of hydrogen-bond acceptors (Lipinski definition) is 2. The molecule has 0 radical (unpaired) electrons. The summed E-state index contributed by atoms with van der Waals surface area (Å²) in [6.07, 6.45) is 2.25. The third-order valence-corrected chi connectivity index (χ3v) is 1.12. The summed E-state index contributed by atoms with van der Waals surface area (Å²) in [6, 6.07) is 0. The van der Waals surface area contributed by atoms with E-state index in [1.807, 2.05) is 0 Å². The van der Waals surface area contributed by atoms with Gasteiger partial charge >= 0.3 is 37.7 Å². The van der Waals surface area contributed by atoms with Gasteiger partial charge in [-0.1, -0.05) is 12.8 Å². The van der Waals surface area contributed by atoms with Crippen molar-refractivity contribution >= 4 is 25.3 Å². The molecule has 0 aliphatic rings. The second-order valence-electron chi connectivity index (χ2n) is 1.12. The Bertz CT molecular complexity index is 24.0. The summed E-state index contributed by atoms with van der Waals surface area (Å²) in [5, 5.41) is 0. The zero-order valence-electron chi connectivity index (χ0n) is 5.64. The summed E-state index contributed by atoms with van der Waals surface area (Å²) in [4.78, 5) is 0. The Morgan fingerprint density at radius 3 is 1.12 bits per heavy atom. The molecule has 0 aliphatic carbocycles. The molecular weight excluding hydrogens is 126 g/mol. The zero-order chi connectivity index (χ0) is 4.83. The fourth-order valence-electron chi connectivity index (χ4n) is 0.204. The van der Waals surface area contributed by atoms with Gasteiger partial charge < -0.3 is 25.3 Å². The average molecular weight is 134 g/mol. The molecular formula is C4H8Li2S2. The van der Waals surface area contributed by atoms with Crippen molar-refractivity contribution in [1.82, 2.24) is 0 Å². The SMILES string of the molecule is [Li+].[Li+].[S-]CCCC[S-]. The van der Waals surface area contributed by atoms with Gasteiger partial charge in [-0.3, -0.25) is 0 Å². The number of hydrogen-bond donors (Lipinski definition) is 0. The first-order chi connectivity index (χ1) is 2.91. The maximum absolute atomic E-state index is 4.67. The van der Waals surface area contributed by atoms with E-state index in [4.69, 9.17) is 0 Å². The largest absolute Gasteiger partial charge is 1.00 e. The average Bonchev–Trinajstić information content (AvgIpc) is 1.61. The number of rotatable bonds is 3. The van der Waals surface area contributed by atoms with Crippen molar-refractivity contribution in [3.05, 3.63) is 0 Å². The van der Waals surface area contributed by atoms with Crippen LogP contribution >= 0.6 is 0 Å². The van der Waals surface area contributed by atoms with Crippen LogP contribution < -0.4 is 37.7 Å². The van der Waals surface area contributed by atoms with Gasteiger partial charge in [0.1, 0.15) is 0 Å². The molecule has 0 N–H and O–H groups in total. The van der Waals surface area contributed by atoms with Crippen LogP contribution in [0.4, 0.5) is 0 Å². The molecule has 0 bridgehead atoms. The molecule has 0 saturated heterocycles. The van der Waals surface area contributed by atoms with Crippen molar-refractivity contribution in [3.63, 3.8) is 0 Å². The molecule has 0 atom stereocenters. The normalized spacial score (nSPS) is 6.75. The van der Waals surface area contributed by atoms with Crippen molar-refractivity contribution in [2.45, 2.75) is 12.8 Å². The molecule has 8 heavy (non-hydrogen) atoms. The van der Waals surface area contributed by atoms with E-state index in [1.54, 1.807) is 0 Å². The first-order valence-corrected chi connectivity index (χ1v) is 3.23. The molecule has 0 amide bonds. The van der Waals surface area contributed by atoms with E-state index in [2.05, 4.69) is 25.3 Å². The molecule has 0 rings (SSSR count). The van der Waals surface area contributed by atoms with Crippen LogP contribution in [0, 0.1) is 0 Å². The monoisotopic (exact) mass is 134 g/mol. The molecule has 0 heterocycles. The Morgan fingerprint density at radius 1 is 0.750 bits per heavy atom. The first kappa shape index (κ1) is 16.5. The molecule has 4 heteroatoms. The summed E-state index contributed by atoms with van der Waals surface area (Å²) in [5.74, 6) is 1.74. The van der Waals surface area contributed by atoms with E-state index in [0.29, 0.717) is 0 Å². The van der Waals surface area contributed by atoms with Gasteiger partial charge in [0, 0.05) is 0 Å². The van der Waals surface area contributed by atoms with E-state index in [9.17, 15) is 0 Å². The Balaban J connectivity index is -0.000000125. The third-order valence-electron chi connectivity index (χ3n) is 0.539. The van der Waals surface area contributed by atoms with E-state index < -0.39 is 0 Å². The maximum Gasteiger partial charge on any atom is 1.00 e. The minimum absolute atomic E-state index is 0. The molecule has 38 valence electrons. The van der Waals surface area contributed by atoms with Crippen LogP contribution in [0.3, 0.4) is 0 Å². The van der Waals surface area contributed by atoms with Crippen LogP contribution in [-0.2, 0) is 25.3 Å². The molecule has 0 aliphatic heterocycles. The fraction of sp³-hybridized carbons (Fsp3) is 1.00. The van der Waals surface area contributed by atoms with Crippen LogP contribution in [0.2, 0.25) is 0 Å². The van der Waals surface area contributed by atoms with Crippen LogP contribution in [0.25, 0.3) is 0 Å². The van der Waals surface area contributed by atoms with Gasteiger partial charge in [-0.05, 0) is 0 Å². The second kappa shape index (κ2) is 16.0. The smallest absolute Gasteiger partial charge is 0.793 e. The molecule has 0 unspecified atom stereocenters. The molecule has 0 aromatic heterocycles. The fourth-order valence-corrected chi connectivity index (χ4v) is 0.612. The molecule has 0 aromatic carbocycles. The Labute approximate surface area is 86.7 Å². The standard InChI is InChI=1S/C4H10S2.2Li/c5-3-1-2-4-6;;/h5-6H,1-4H2;;/q;2*+1/p-2. The predicted octanol–water partition coefficient (Wildman–Crippen LogP) is -5.13. The van der Waals surface area contributed by atoms with Gasteiger partial charge in [0.05, 0.1) is 0 Å². The molecule has 0 aromatic rings. The first-order valence-electron chi connectivity index (χ1n) is 2.08. The van der Waals surface area contributed by atoms with E-state index in [1.165, 1.54) is 0 Å². The maximum atomic E-state index is 4.67. The summed E-state index contributed by atoms with van der Waals surface area (Å²) >= 11 is 9.34. The third kappa shape index (κ3) is 15.7. The Morgan fingerprint density at radius 2 is 1.00 bits per heavy atom. The van der Waals surface area contributed by atoms with Gasteiger partial charge in [-0.25, -0.2) is 0 Å². The minimum atomic E-state index is 0. The minimum Gasteiger partial charge on any atom is -0.793 e. The zero-order valence-corrected chi connectivity index (χ0v) is 7.28. The van der Waals surface area contributed by atoms with Crippen LogP contribution in [0.15, 0.2) is 0 Å². The van der Waals surface area contributed by atoms with E-state index >= 15 is 0 Å². The van der Waals surface area contributed by atoms with Crippen molar-refractivity contribution in [2.75, 3.05) is 11.5 Å². The summed E-state index contributed by atoms with van der Waals surface area (Å²) in [6.45, 7) is 0. The second-order valence-corrected chi connectivity index (χ2v) is 1.93. The van der Waals surface area contributed by atoms with Crippen LogP contribution in [0.1, 0.15) is 12.8 Å².